The van der Waals surface area contributed by atoms with Gasteiger partial charge in [-0.2, -0.15) is 0 Å². The van der Waals surface area contributed by atoms with Crippen molar-refractivity contribution in [2.24, 2.45) is 5.73 Å². The summed E-state index contributed by atoms with van der Waals surface area (Å²) in [4.78, 5) is 31.9. The number of rotatable bonds is 10. The van der Waals surface area contributed by atoms with E-state index < -0.39 is 12.0 Å². The number of aliphatic carboxylic acids is 1. The van der Waals surface area contributed by atoms with Crippen LogP contribution in [0, 0.1) is 0 Å². The zero-order valence-corrected chi connectivity index (χ0v) is 12.4. The normalized spacial score (nSPS) is 12.1. The zero-order chi connectivity index (χ0) is 15.7. The van der Waals surface area contributed by atoms with Crippen molar-refractivity contribution in [3.8, 4) is 0 Å². The highest BCUT2D eigenvalue weighted by Gasteiger charge is 2.29. The van der Waals surface area contributed by atoms with Gasteiger partial charge < -0.3 is 20.7 Å². The number of H-pyrrole nitrogens is 1. The van der Waals surface area contributed by atoms with Crippen LogP contribution in [0.25, 0.3) is 0 Å². The molecule has 21 heavy (non-hydrogen) atoms. The Labute approximate surface area is 124 Å². The van der Waals surface area contributed by atoms with Gasteiger partial charge >= 0.3 is 5.97 Å². The summed E-state index contributed by atoms with van der Waals surface area (Å²) in [7, 11) is 0. The number of hydrogen-bond acceptors (Lipinski definition) is 4. The van der Waals surface area contributed by atoms with Crippen molar-refractivity contribution >= 4 is 11.9 Å². The molecule has 118 valence electrons. The lowest BCUT2D eigenvalue weighted by atomic mass is 10.1. The highest BCUT2D eigenvalue weighted by atomic mass is 16.4. The third kappa shape index (κ3) is 5.55. The summed E-state index contributed by atoms with van der Waals surface area (Å²) in [6.07, 6.45) is 6.22. The smallest absolute Gasteiger partial charge is 0.326 e. The van der Waals surface area contributed by atoms with Crippen molar-refractivity contribution in [3.63, 3.8) is 0 Å². The highest BCUT2D eigenvalue weighted by Crippen LogP contribution is 2.11. The summed E-state index contributed by atoms with van der Waals surface area (Å²) in [5, 5.41) is 9.46. The van der Waals surface area contributed by atoms with Crippen LogP contribution in [0.4, 0.5) is 0 Å². The Hall–Kier alpha value is -1.89. The molecule has 7 heteroatoms. The van der Waals surface area contributed by atoms with E-state index in [1.54, 1.807) is 6.20 Å². The Kier molecular flexibility index (Phi) is 7.45. The summed E-state index contributed by atoms with van der Waals surface area (Å²) in [5.74, 6) is -1.22. The molecule has 1 unspecified atom stereocenters. The van der Waals surface area contributed by atoms with Crippen LogP contribution in [-0.4, -0.2) is 51.0 Å². The number of amides is 1. The van der Waals surface area contributed by atoms with Gasteiger partial charge in [-0.3, -0.25) is 4.79 Å². The molecule has 0 bridgehead atoms. The van der Waals surface area contributed by atoms with Crippen LogP contribution in [0.3, 0.4) is 0 Å². The number of carbonyl (C=O) groups is 2. The number of hydrogen-bond donors (Lipinski definition) is 3. The number of carbonyl (C=O) groups excluding carboxylic acids is 1. The summed E-state index contributed by atoms with van der Waals surface area (Å²) >= 11 is 0. The van der Waals surface area contributed by atoms with Gasteiger partial charge in [0, 0.05) is 37.8 Å². The zero-order valence-electron chi connectivity index (χ0n) is 12.4. The molecule has 1 aromatic rings. The highest BCUT2D eigenvalue weighted by molar-refractivity contribution is 5.84. The number of carboxylic acids is 1. The average molecular weight is 296 g/mol. The minimum Gasteiger partial charge on any atom is -0.480 e. The monoisotopic (exact) mass is 296 g/mol. The van der Waals surface area contributed by atoms with Crippen molar-refractivity contribution < 1.29 is 14.7 Å². The number of unbranched alkanes of at least 4 members (excludes halogenated alkanes) is 2. The number of imidazole rings is 1. The number of nitrogens with zero attached hydrogens (tertiary/aromatic N) is 2. The van der Waals surface area contributed by atoms with Crippen molar-refractivity contribution in [1.82, 2.24) is 14.9 Å². The first-order valence-electron chi connectivity index (χ1n) is 7.29. The third-order valence-corrected chi connectivity index (χ3v) is 3.31. The number of aromatic amines is 1. The summed E-state index contributed by atoms with van der Waals surface area (Å²) in [5.41, 5.74) is 6.12. The van der Waals surface area contributed by atoms with E-state index in [1.165, 1.54) is 11.2 Å². The molecule has 0 saturated heterocycles. The molecular weight excluding hydrogens is 272 g/mol. The molecule has 0 aromatic carbocycles. The van der Waals surface area contributed by atoms with Crippen LogP contribution >= 0.6 is 0 Å². The molecule has 1 amide bonds. The van der Waals surface area contributed by atoms with E-state index >= 15 is 0 Å². The molecule has 1 heterocycles. The van der Waals surface area contributed by atoms with Gasteiger partial charge in [0.1, 0.15) is 6.04 Å². The Balaban J connectivity index is 2.82. The summed E-state index contributed by atoms with van der Waals surface area (Å²) < 4.78 is 0. The largest absolute Gasteiger partial charge is 0.480 e. The second-order valence-electron chi connectivity index (χ2n) is 4.97. The average Bonchev–Trinajstić information content (AvgIpc) is 2.94. The SMILES string of the molecule is CCCCCN(C(=O)CCN)C(Cc1cnc[nH]1)C(=O)O. The van der Waals surface area contributed by atoms with Crippen LogP contribution in [0.2, 0.25) is 0 Å². The van der Waals surface area contributed by atoms with Gasteiger partial charge in [0.05, 0.1) is 6.33 Å². The summed E-state index contributed by atoms with van der Waals surface area (Å²) in [6.45, 7) is 2.72. The second-order valence-corrected chi connectivity index (χ2v) is 4.97. The molecular formula is C14H24N4O3. The number of aromatic nitrogens is 2. The second kappa shape index (κ2) is 9.12. The Morgan fingerprint density at radius 1 is 1.48 bits per heavy atom. The Bertz CT molecular complexity index is 433. The van der Waals surface area contributed by atoms with E-state index in [2.05, 4.69) is 16.9 Å². The Morgan fingerprint density at radius 2 is 2.24 bits per heavy atom. The third-order valence-electron chi connectivity index (χ3n) is 3.31. The first kappa shape index (κ1) is 17.2. The number of carboxylic acid groups (broad SMARTS) is 1. The fraction of sp³-hybridized carbons (Fsp3) is 0.643. The van der Waals surface area contributed by atoms with Crippen molar-refractivity contribution in [2.45, 2.75) is 45.1 Å². The maximum absolute atomic E-state index is 12.2. The minimum atomic E-state index is -1.01. The fourth-order valence-corrected chi connectivity index (χ4v) is 2.19. The quantitative estimate of drug-likeness (QED) is 0.552. The summed E-state index contributed by atoms with van der Waals surface area (Å²) in [6, 6.07) is -0.888. The first-order chi connectivity index (χ1) is 10.1. The lowest BCUT2D eigenvalue weighted by molar-refractivity contribution is -0.150. The molecule has 1 rings (SSSR count). The molecule has 7 nitrogen and oxygen atoms in total. The Morgan fingerprint density at radius 3 is 2.76 bits per heavy atom. The minimum absolute atomic E-state index is 0.166. The maximum atomic E-state index is 12.2. The molecule has 0 fully saturated rings. The van der Waals surface area contributed by atoms with E-state index in [4.69, 9.17) is 5.73 Å². The van der Waals surface area contributed by atoms with E-state index in [9.17, 15) is 14.7 Å². The van der Waals surface area contributed by atoms with Crippen LogP contribution in [0.5, 0.6) is 0 Å². The van der Waals surface area contributed by atoms with Crippen molar-refractivity contribution in [3.05, 3.63) is 18.2 Å². The van der Waals surface area contributed by atoms with Gasteiger partial charge in [-0.15, -0.1) is 0 Å². The fourth-order valence-electron chi connectivity index (χ4n) is 2.19. The van der Waals surface area contributed by atoms with Gasteiger partial charge in [0.15, 0.2) is 0 Å². The van der Waals surface area contributed by atoms with E-state index in [1.807, 2.05) is 0 Å². The molecule has 1 atom stereocenters. The first-order valence-corrected chi connectivity index (χ1v) is 7.29. The van der Waals surface area contributed by atoms with Crippen LogP contribution in [-0.2, 0) is 16.0 Å². The van der Waals surface area contributed by atoms with Crippen molar-refractivity contribution in [1.29, 1.82) is 0 Å². The van der Waals surface area contributed by atoms with E-state index in [-0.39, 0.29) is 25.3 Å². The molecule has 4 N–H and O–H groups in total. The van der Waals surface area contributed by atoms with E-state index in [0.29, 0.717) is 12.2 Å². The van der Waals surface area contributed by atoms with Crippen molar-refractivity contribution in [2.75, 3.05) is 13.1 Å². The number of nitrogens with two attached hydrogens (primary N) is 1. The van der Waals surface area contributed by atoms with Crippen LogP contribution in [0.15, 0.2) is 12.5 Å². The van der Waals surface area contributed by atoms with Crippen LogP contribution in [0.1, 0.15) is 38.3 Å². The molecule has 0 aliphatic rings. The van der Waals surface area contributed by atoms with Gasteiger partial charge in [-0.05, 0) is 6.42 Å². The molecule has 0 aliphatic carbocycles. The molecule has 0 saturated carbocycles. The maximum Gasteiger partial charge on any atom is 0.326 e. The molecule has 0 spiro atoms. The molecule has 1 aromatic heterocycles. The van der Waals surface area contributed by atoms with Gasteiger partial charge in [-0.25, -0.2) is 9.78 Å². The van der Waals surface area contributed by atoms with E-state index in [0.717, 1.165) is 19.3 Å². The lowest BCUT2D eigenvalue weighted by Gasteiger charge is -2.29. The predicted molar refractivity (Wildman–Crippen MR) is 78.6 cm³/mol. The van der Waals surface area contributed by atoms with Gasteiger partial charge in [0.2, 0.25) is 5.91 Å². The molecule has 0 aliphatic heterocycles. The topological polar surface area (TPSA) is 112 Å². The van der Waals surface area contributed by atoms with Gasteiger partial charge in [-0.1, -0.05) is 19.8 Å². The molecule has 0 radical (unpaired) electrons. The predicted octanol–water partition coefficient (Wildman–Crippen LogP) is 0.773. The standard InChI is InChI=1S/C14H24N4O3/c1-2-3-4-7-18(13(19)5-6-15)12(14(20)21)8-11-9-16-10-17-11/h9-10,12H,2-8,15H2,1H3,(H,16,17)(H,20,21). The van der Waals surface area contributed by atoms with Crippen LogP contribution < -0.4 is 5.73 Å². The lowest BCUT2D eigenvalue weighted by Crippen LogP contribution is -2.47. The van der Waals surface area contributed by atoms with Gasteiger partial charge in [0.25, 0.3) is 0 Å². The number of nitrogens with one attached hydrogen (secondary N) is 1.